The molecule has 1 amide bonds. The van der Waals surface area contributed by atoms with E-state index >= 15 is 0 Å². The van der Waals surface area contributed by atoms with Crippen molar-refractivity contribution in [3.05, 3.63) is 44.5 Å². The van der Waals surface area contributed by atoms with Crippen molar-refractivity contribution in [3.63, 3.8) is 0 Å². The molecule has 1 aromatic heterocycles. The van der Waals surface area contributed by atoms with Crippen molar-refractivity contribution in [2.45, 2.75) is 0 Å². The van der Waals surface area contributed by atoms with Gasteiger partial charge in [-0.15, -0.1) is 0 Å². The van der Waals surface area contributed by atoms with Crippen LogP contribution in [0.5, 0.6) is 0 Å². The van der Waals surface area contributed by atoms with E-state index in [0.717, 1.165) is 12.1 Å². The number of nitro groups is 1. The molecule has 0 atom stereocenters. The summed E-state index contributed by atoms with van der Waals surface area (Å²) in [5, 5.41) is 13.0. The van der Waals surface area contributed by atoms with E-state index in [9.17, 15) is 14.9 Å². The first-order valence-electron chi connectivity index (χ1n) is 3.65. The molecule has 0 aliphatic carbocycles. The number of carbonyl (C=O) groups is 1. The number of hydrogen-bond donors (Lipinski definition) is 0. The molecule has 0 aromatic carbocycles. The molecule has 0 fully saturated rings. The predicted molar refractivity (Wildman–Crippen MR) is 48.5 cm³/mol. The van der Waals surface area contributed by atoms with Gasteiger partial charge in [0.2, 0.25) is 5.91 Å². The van der Waals surface area contributed by atoms with Crippen molar-refractivity contribution in [3.8, 4) is 0 Å². The summed E-state index contributed by atoms with van der Waals surface area (Å²) in [6.45, 7) is 0. The van der Waals surface area contributed by atoms with Gasteiger partial charge in [-0.2, -0.15) is 0 Å². The molecule has 0 N–H and O–H groups in total. The minimum Gasteiger partial charge on any atom is -0.401 e. The van der Waals surface area contributed by atoms with Crippen LogP contribution >= 0.6 is 0 Å². The molecule has 1 heterocycles. The van der Waals surface area contributed by atoms with Crippen molar-refractivity contribution in [1.29, 1.82) is 0 Å². The molecular formula is C7H4N4O4. The summed E-state index contributed by atoms with van der Waals surface area (Å²) in [5.41, 5.74) is 7.90. The molecule has 1 rings (SSSR count). The summed E-state index contributed by atoms with van der Waals surface area (Å²) in [6, 6.07) is 2.47. The normalized spacial score (nSPS) is 9.87. The number of azide groups is 1. The van der Waals surface area contributed by atoms with Gasteiger partial charge in [0.25, 0.3) is 0 Å². The van der Waals surface area contributed by atoms with Crippen LogP contribution in [-0.4, -0.2) is 10.8 Å². The lowest BCUT2D eigenvalue weighted by molar-refractivity contribution is -0.402. The Hall–Kier alpha value is -2.60. The molecule has 1 aromatic rings. The maximum absolute atomic E-state index is 10.7. The van der Waals surface area contributed by atoms with Crippen LogP contribution in [0.1, 0.15) is 5.76 Å². The zero-order chi connectivity index (χ0) is 11.3. The third kappa shape index (κ3) is 2.98. The monoisotopic (exact) mass is 208 g/mol. The fourth-order valence-corrected chi connectivity index (χ4v) is 0.761. The summed E-state index contributed by atoms with van der Waals surface area (Å²) in [7, 11) is 0. The first-order chi connectivity index (χ1) is 7.13. The summed E-state index contributed by atoms with van der Waals surface area (Å²) >= 11 is 0. The van der Waals surface area contributed by atoms with E-state index in [4.69, 9.17) is 9.95 Å². The maximum atomic E-state index is 10.7. The van der Waals surface area contributed by atoms with Gasteiger partial charge in [0, 0.05) is 4.91 Å². The molecule has 0 saturated heterocycles. The molecule has 15 heavy (non-hydrogen) atoms. The lowest BCUT2D eigenvalue weighted by Gasteiger charge is -1.82. The number of rotatable bonds is 3. The fourth-order valence-electron chi connectivity index (χ4n) is 0.761. The standard InChI is InChI=1S/C7H4N4O4/c8-10-9-6(12)3-1-5-2-4-7(15-5)11(13)14/h1-4H/b3-1+. The van der Waals surface area contributed by atoms with Gasteiger partial charge in [-0.25, -0.2) is 0 Å². The number of amides is 1. The van der Waals surface area contributed by atoms with Gasteiger partial charge in [-0.3, -0.25) is 14.9 Å². The van der Waals surface area contributed by atoms with Crippen LogP contribution in [-0.2, 0) is 4.79 Å². The highest BCUT2D eigenvalue weighted by atomic mass is 16.6. The predicted octanol–water partition coefficient (Wildman–Crippen LogP) is 2.04. The van der Waals surface area contributed by atoms with Gasteiger partial charge in [-0.1, -0.05) is 0 Å². The summed E-state index contributed by atoms with van der Waals surface area (Å²) in [5.74, 6) is -1.11. The van der Waals surface area contributed by atoms with E-state index in [1.165, 1.54) is 12.1 Å². The topological polar surface area (TPSA) is 122 Å². The third-order valence-corrected chi connectivity index (χ3v) is 1.33. The Kier molecular flexibility index (Phi) is 3.20. The number of nitrogens with zero attached hydrogens (tertiary/aromatic N) is 4. The zero-order valence-corrected chi connectivity index (χ0v) is 7.23. The quantitative estimate of drug-likeness (QED) is 0.188. The van der Waals surface area contributed by atoms with Gasteiger partial charge >= 0.3 is 5.88 Å². The Morgan fingerprint density at radius 2 is 2.40 bits per heavy atom. The van der Waals surface area contributed by atoms with E-state index in [0.29, 0.717) is 0 Å². The van der Waals surface area contributed by atoms with Crippen molar-refractivity contribution in [1.82, 2.24) is 0 Å². The molecule has 0 aliphatic rings. The Labute approximate surface area is 82.6 Å². The molecule has 0 spiro atoms. The lowest BCUT2D eigenvalue weighted by atomic mass is 10.4. The average Bonchev–Trinajstić information content (AvgIpc) is 2.63. The SMILES string of the molecule is [N-]=[N+]=NC(=O)/C=C/c1ccc([N+](=O)[O-])o1. The second kappa shape index (κ2) is 4.58. The summed E-state index contributed by atoms with van der Waals surface area (Å²) < 4.78 is 4.70. The van der Waals surface area contributed by atoms with Gasteiger partial charge in [0.15, 0.2) is 0 Å². The maximum Gasteiger partial charge on any atom is 0.433 e. The first kappa shape index (κ1) is 10.5. The van der Waals surface area contributed by atoms with E-state index in [-0.39, 0.29) is 5.76 Å². The van der Waals surface area contributed by atoms with E-state index in [1.54, 1.807) is 0 Å². The van der Waals surface area contributed by atoms with Gasteiger partial charge in [0.05, 0.1) is 6.07 Å². The second-order valence-electron chi connectivity index (χ2n) is 2.29. The van der Waals surface area contributed by atoms with Gasteiger partial charge < -0.3 is 4.42 Å². The van der Waals surface area contributed by atoms with Crippen LogP contribution in [0.3, 0.4) is 0 Å². The highest BCUT2D eigenvalue weighted by molar-refractivity contribution is 5.91. The Morgan fingerprint density at radius 1 is 1.67 bits per heavy atom. The Morgan fingerprint density at radius 3 is 2.93 bits per heavy atom. The number of hydrogen-bond acceptors (Lipinski definition) is 4. The van der Waals surface area contributed by atoms with Crippen LogP contribution in [0.15, 0.2) is 27.7 Å². The first-order valence-corrected chi connectivity index (χ1v) is 3.65. The van der Waals surface area contributed by atoms with Crippen molar-refractivity contribution in [2.24, 2.45) is 5.11 Å². The fraction of sp³-hybridized carbons (Fsp3) is 0. The third-order valence-electron chi connectivity index (χ3n) is 1.33. The minimum atomic E-state index is -0.809. The molecule has 8 heteroatoms. The summed E-state index contributed by atoms with van der Waals surface area (Å²) in [6.07, 6.45) is 2.12. The van der Waals surface area contributed by atoms with E-state index < -0.39 is 16.7 Å². The van der Waals surface area contributed by atoms with Crippen LogP contribution in [0, 0.1) is 10.1 Å². The van der Waals surface area contributed by atoms with E-state index in [2.05, 4.69) is 10.0 Å². The van der Waals surface area contributed by atoms with Crippen LogP contribution in [0.25, 0.3) is 16.5 Å². The number of furan rings is 1. The zero-order valence-electron chi connectivity index (χ0n) is 7.23. The molecule has 0 unspecified atom stereocenters. The molecule has 0 saturated carbocycles. The largest absolute Gasteiger partial charge is 0.433 e. The smallest absolute Gasteiger partial charge is 0.401 e. The molecule has 8 nitrogen and oxygen atoms in total. The van der Waals surface area contributed by atoms with Crippen LogP contribution in [0.2, 0.25) is 0 Å². The highest BCUT2D eigenvalue weighted by Crippen LogP contribution is 2.16. The van der Waals surface area contributed by atoms with Crippen LogP contribution in [0.4, 0.5) is 5.88 Å². The second-order valence-corrected chi connectivity index (χ2v) is 2.29. The van der Waals surface area contributed by atoms with Crippen molar-refractivity contribution < 1.29 is 14.1 Å². The Bertz CT molecular complexity index is 469. The van der Waals surface area contributed by atoms with Gasteiger partial charge in [0.1, 0.15) is 10.7 Å². The molecule has 0 bridgehead atoms. The average molecular weight is 208 g/mol. The lowest BCUT2D eigenvalue weighted by Crippen LogP contribution is -1.83. The van der Waals surface area contributed by atoms with Crippen molar-refractivity contribution in [2.75, 3.05) is 0 Å². The number of carbonyl (C=O) groups excluding carboxylic acids is 1. The Balaban J connectivity index is 2.77. The van der Waals surface area contributed by atoms with E-state index in [1.807, 2.05) is 0 Å². The van der Waals surface area contributed by atoms with Gasteiger partial charge in [-0.05, 0) is 28.9 Å². The summed E-state index contributed by atoms with van der Waals surface area (Å²) in [4.78, 5) is 22.4. The highest BCUT2D eigenvalue weighted by Gasteiger charge is 2.09. The molecule has 0 radical (unpaired) electrons. The minimum absolute atomic E-state index is 0.128. The molecule has 76 valence electrons. The van der Waals surface area contributed by atoms with Crippen LogP contribution < -0.4 is 0 Å². The molecular weight excluding hydrogens is 204 g/mol. The molecule has 0 aliphatic heterocycles. The van der Waals surface area contributed by atoms with Crippen molar-refractivity contribution >= 4 is 17.9 Å².